The Hall–Kier alpha value is -1.45. The Bertz CT molecular complexity index is 463. The molecule has 0 radical (unpaired) electrons. The molecule has 1 fully saturated rings. The molecule has 0 atom stereocenters. The molecule has 1 aliphatic rings. The quantitative estimate of drug-likeness (QED) is 0.572. The van der Waals surface area contributed by atoms with Crippen molar-refractivity contribution < 1.29 is 17.9 Å². The lowest BCUT2D eigenvalue weighted by atomic mass is 9.83. The van der Waals surface area contributed by atoms with Crippen molar-refractivity contribution in [3.63, 3.8) is 0 Å². The summed E-state index contributed by atoms with van der Waals surface area (Å²) in [6.07, 6.45) is 7.45. The molecule has 0 aromatic heterocycles. The predicted molar refractivity (Wildman–Crippen MR) is 71.7 cm³/mol. The van der Waals surface area contributed by atoms with Crippen molar-refractivity contribution in [1.29, 1.82) is 0 Å². The molecule has 0 bridgehead atoms. The maximum Gasteiger partial charge on any atom is 0.194 e. The van der Waals surface area contributed by atoms with Crippen LogP contribution < -0.4 is 0 Å². The highest BCUT2D eigenvalue weighted by Crippen LogP contribution is 2.31. The van der Waals surface area contributed by atoms with Crippen LogP contribution in [0.15, 0.2) is 24.0 Å². The Morgan fingerprint density at radius 3 is 2.30 bits per heavy atom. The number of aryl methyl sites for hydroxylation is 1. The summed E-state index contributed by atoms with van der Waals surface area (Å²) in [5.41, 5.74) is 1.85. The molecule has 1 aromatic rings. The fourth-order valence-electron chi connectivity index (χ4n) is 2.74. The molecule has 1 saturated carbocycles. The van der Waals surface area contributed by atoms with Crippen LogP contribution >= 0.6 is 0 Å². The minimum absolute atomic E-state index is 0.527. The van der Waals surface area contributed by atoms with E-state index >= 15 is 0 Å². The third-order valence-corrected chi connectivity index (χ3v) is 3.92. The Balaban J connectivity index is 1.86. The second-order valence-electron chi connectivity index (χ2n) is 5.37. The molecular weight excluding hydrogens is 265 g/mol. The average Bonchev–Trinajstić information content (AvgIpc) is 2.44. The van der Waals surface area contributed by atoms with E-state index in [0.717, 1.165) is 44.2 Å². The number of halogens is 3. The zero-order chi connectivity index (χ0) is 14.5. The predicted octanol–water partition coefficient (Wildman–Crippen LogP) is 4.76. The van der Waals surface area contributed by atoms with Crippen LogP contribution in [0, 0.1) is 23.4 Å². The van der Waals surface area contributed by atoms with Crippen molar-refractivity contribution in [1.82, 2.24) is 0 Å². The largest absolute Gasteiger partial charge is 0.504 e. The molecule has 0 amide bonds. The molecule has 0 saturated heterocycles. The number of allylic oxidation sites excluding steroid dienone is 1. The topological polar surface area (TPSA) is 9.23 Å². The molecule has 20 heavy (non-hydrogen) atoms. The van der Waals surface area contributed by atoms with Crippen LogP contribution in [0.1, 0.15) is 37.7 Å². The van der Waals surface area contributed by atoms with Gasteiger partial charge in [-0.2, -0.15) is 0 Å². The number of ether oxygens (including phenoxy) is 1. The highest BCUT2D eigenvalue weighted by Gasteiger charge is 2.17. The molecule has 0 unspecified atom stereocenters. The molecule has 110 valence electrons. The van der Waals surface area contributed by atoms with Crippen LogP contribution in [0.5, 0.6) is 0 Å². The maximum absolute atomic E-state index is 13.1. The summed E-state index contributed by atoms with van der Waals surface area (Å²) in [7, 11) is 1.65. The van der Waals surface area contributed by atoms with Crippen LogP contribution in [0.25, 0.3) is 0 Å². The first-order chi connectivity index (χ1) is 9.60. The summed E-state index contributed by atoms with van der Waals surface area (Å²) < 4.78 is 44.1. The first kappa shape index (κ1) is 14.9. The van der Waals surface area contributed by atoms with Crippen molar-refractivity contribution in [2.24, 2.45) is 5.92 Å². The Morgan fingerprint density at radius 1 is 1.15 bits per heavy atom. The van der Waals surface area contributed by atoms with Gasteiger partial charge in [0.2, 0.25) is 0 Å². The van der Waals surface area contributed by atoms with Crippen molar-refractivity contribution in [2.75, 3.05) is 7.11 Å². The number of benzene rings is 1. The molecule has 4 heteroatoms. The van der Waals surface area contributed by atoms with Gasteiger partial charge in [0.25, 0.3) is 0 Å². The SMILES string of the molecule is COC=C1CCC(CCc2cc(F)c(F)c(F)c2)CC1. The van der Waals surface area contributed by atoms with Crippen molar-refractivity contribution in [3.8, 4) is 0 Å². The van der Waals surface area contributed by atoms with Gasteiger partial charge in [-0.05, 0) is 67.7 Å². The van der Waals surface area contributed by atoms with Crippen molar-refractivity contribution in [3.05, 3.63) is 47.0 Å². The number of rotatable bonds is 4. The summed E-state index contributed by atoms with van der Waals surface area (Å²) in [5, 5.41) is 0. The third-order valence-electron chi connectivity index (χ3n) is 3.92. The summed E-state index contributed by atoms with van der Waals surface area (Å²) >= 11 is 0. The van der Waals surface area contributed by atoms with E-state index in [2.05, 4.69) is 0 Å². The van der Waals surface area contributed by atoms with Gasteiger partial charge in [0.1, 0.15) is 0 Å². The highest BCUT2D eigenvalue weighted by atomic mass is 19.2. The summed E-state index contributed by atoms with van der Waals surface area (Å²) in [5.74, 6) is -3.04. The molecule has 1 aliphatic carbocycles. The van der Waals surface area contributed by atoms with Gasteiger partial charge < -0.3 is 4.74 Å². The van der Waals surface area contributed by atoms with Crippen LogP contribution in [0.2, 0.25) is 0 Å². The van der Waals surface area contributed by atoms with Crippen LogP contribution in [0.4, 0.5) is 13.2 Å². The zero-order valence-corrected chi connectivity index (χ0v) is 11.6. The van der Waals surface area contributed by atoms with Gasteiger partial charge in [0, 0.05) is 0 Å². The Labute approximate surface area is 117 Å². The Morgan fingerprint density at radius 2 is 1.75 bits per heavy atom. The number of methoxy groups -OCH3 is 1. The second-order valence-corrected chi connectivity index (χ2v) is 5.37. The van der Waals surface area contributed by atoms with E-state index in [1.807, 2.05) is 0 Å². The second kappa shape index (κ2) is 6.82. The first-order valence-electron chi connectivity index (χ1n) is 6.94. The molecule has 0 heterocycles. The molecular formula is C16H19F3O. The molecule has 1 nitrogen and oxygen atoms in total. The van der Waals surface area contributed by atoms with Crippen LogP contribution in [-0.4, -0.2) is 7.11 Å². The highest BCUT2D eigenvalue weighted by molar-refractivity contribution is 5.19. The lowest BCUT2D eigenvalue weighted by Crippen LogP contribution is -2.09. The van der Waals surface area contributed by atoms with E-state index in [-0.39, 0.29) is 0 Å². The number of hydrogen-bond donors (Lipinski definition) is 0. The van der Waals surface area contributed by atoms with Crippen LogP contribution in [0.3, 0.4) is 0 Å². The minimum Gasteiger partial charge on any atom is -0.504 e. The molecule has 0 N–H and O–H groups in total. The van der Waals surface area contributed by atoms with Gasteiger partial charge in [-0.1, -0.05) is 0 Å². The monoisotopic (exact) mass is 284 g/mol. The number of hydrogen-bond acceptors (Lipinski definition) is 1. The maximum atomic E-state index is 13.1. The fraction of sp³-hybridized carbons (Fsp3) is 0.500. The van der Waals surface area contributed by atoms with Crippen molar-refractivity contribution in [2.45, 2.75) is 38.5 Å². The van der Waals surface area contributed by atoms with E-state index in [1.54, 1.807) is 13.4 Å². The van der Waals surface area contributed by atoms with Gasteiger partial charge >= 0.3 is 0 Å². The third kappa shape index (κ3) is 3.78. The molecule has 2 rings (SSSR count). The Kier molecular flexibility index (Phi) is 5.10. The van der Waals surface area contributed by atoms with E-state index < -0.39 is 17.5 Å². The molecule has 0 aliphatic heterocycles. The first-order valence-corrected chi connectivity index (χ1v) is 6.94. The van der Waals surface area contributed by atoms with Crippen molar-refractivity contribution >= 4 is 0 Å². The van der Waals surface area contributed by atoms with Gasteiger partial charge in [-0.3, -0.25) is 0 Å². The summed E-state index contributed by atoms with van der Waals surface area (Å²) in [6.45, 7) is 0. The smallest absolute Gasteiger partial charge is 0.194 e. The van der Waals surface area contributed by atoms with E-state index in [4.69, 9.17) is 4.74 Å². The van der Waals surface area contributed by atoms with E-state index in [9.17, 15) is 13.2 Å². The molecule has 1 aromatic carbocycles. The summed E-state index contributed by atoms with van der Waals surface area (Å²) in [4.78, 5) is 0. The van der Waals surface area contributed by atoms with E-state index in [1.165, 1.54) is 5.57 Å². The zero-order valence-electron chi connectivity index (χ0n) is 11.6. The van der Waals surface area contributed by atoms with Gasteiger partial charge in [0.05, 0.1) is 13.4 Å². The molecule has 0 spiro atoms. The minimum atomic E-state index is -1.39. The van der Waals surface area contributed by atoms with E-state index in [0.29, 0.717) is 17.9 Å². The normalized spacial score (nSPS) is 19.0. The van der Waals surface area contributed by atoms with Gasteiger partial charge in [-0.15, -0.1) is 0 Å². The average molecular weight is 284 g/mol. The standard InChI is InChI=1S/C16H19F3O/c1-20-10-12-5-2-11(3-6-12)4-7-13-8-14(17)16(19)15(18)9-13/h8-11H,2-7H2,1H3. The lowest BCUT2D eigenvalue weighted by Gasteiger charge is -2.23. The lowest BCUT2D eigenvalue weighted by molar-refractivity contribution is 0.317. The van der Waals surface area contributed by atoms with Crippen LogP contribution in [-0.2, 0) is 11.2 Å². The van der Waals surface area contributed by atoms with Gasteiger partial charge in [0.15, 0.2) is 17.5 Å². The fourth-order valence-corrected chi connectivity index (χ4v) is 2.74. The van der Waals surface area contributed by atoms with Gasteiger partial charge in [-0.25, -0.2) is 13.2 Å². The summed E-state index contributed by atoms with van der Waals surface area (Å²) in [6, 6.07) is 2.19.